The molecule has 0 saturated heterocycles. The van der Waals surface area contributed by atoms with Crippen LogP contribution in [-0.2, 0) is 4.79 Å². The molecular formula is C23H16ClN3OS. The Hall–Kier alpha value is -3.20. The van der Waals surface area contributed by atoms with E-state index in [1.54, 1.807) is 42.1 Å². The molecule has 0 radical (unpaired) electrons. The molecule has 0 unspecified atom stereocenters. The number of rotatable bonds is 3. The second-order valence-electron chi connectivity index (χ2n) is 6.49. The fourth-order valence-corrected chi connectivity index (χ4v) is 4.42. The highest BCUT2D eigenvalue weighted by atomic mass is 35.5. The summed E-state index contributed by atoms with van der Waals surface area (Å²) in [5.74, 6) is -0.456. The van der Waals surface area contributed by atoms with Crippen LogP contribution < -0.4 is 10.2 Å². The normalized spacial score (nSPS) is 12.6. The van der Waals surface area contributed by atoms with Crippen molar-refractivity contribution in [1.82, 2.24) is 0 Å². The lowest BCUT2D eigenvalue weighted by atomic mass is 10.1. The number of hydrogen-bond donors (Lipinski definition) is 1. The van der Waals surface area contributed by atoms with Crippen molar-refractivity contribution in [2.24, 2.45) is 0 Å². The summed E-state index contributed by atoms with van der Waals surface area (Å²) in [4.78, 5) is 16.9. The van der Waals surface area contributed by atoms with Crippen LogP contribution in [0.5, 0.6) is 0 Å². The fourth-order valence-electron chi connectivity index (χ4n) is 3.10. The summed E-state index contributed by atoms with van der Waals surface area (Å²) in [6.07, 6.45) is 1.60. The molecule has 0 aliphatic carbocycles. The summed E-state index contributed by atoms with van der Waals surface area (Å²) in [7, 11) is 2.03. The maximum atomic E-state index is 12.5. The first-order chi connectivity index (χ1) is 14.0. The van der Waals surface area contributed by atoms with Crippen LogP contribution in [0, 0.1) is 11.3 Å². The van der Waals surface area contributed by atoms with Crippen LogP contribution in [0.15, 0.2) is 82.1 Å². The smallest absolute Gasteiger partial charge is 0.266 e. The van der Waals surface area contributed by atoms with Crippen molar-refractivity contribution in [3.05, 3.63) is 82.9 Å². The zero-order chi connectivity index (χ0) is 20.4. The van der Waals surface area contributed by atoms with Gasteiger partial charge >= 0.3 is 0 Å². The molecule has 0 atom stereocenters. The van der Waals surface area contributed by atoms with E-state index >= 15 is 0 Å². The van der Waals surface area contributed by atoms with Gasteiger partial charge in [-0.25, -0.2) is 0 Å². The number of anilines is 3. The van der Waals surface area contributed by atoms with Crippen molar-refractivity contribution >= 4 is 52.4 Å². The molecule has 0 spiro atoms. The quantitative estimate of drug-likeness (QED) is 0.412. The Balaban J connectivity index is 1.60. The van der Waals surface area contributed by atoms with Crippen LogP contribution in [0.2, 0.25) is 5.02 Å². The molecule has 0 saturated carbocycles. The molecule has 4 nitrogen and oxygen atoms in total. The largest absolute Gasteiger partial charge is 0.343 e. The van der Waals surface area contributed by atoms with E-state index < -0.39 is 5.91 Å². The number of amides is 1. The van der Waals surface area contributed by atoms with Gasteiger partial charge in [0, 0.05) is 27.5 Å². The fraction of sp³-hybridized carbons (Fsp3) is 0.0435. The van der Waals surface area contributed by atoms with Gasteiger partial charge in [0.15, 0.2) is 0 Å². The van der Waals surface area contributed by atoms with Crippen LogP contribution in [0.4, 0.5) is 17.1 Å². The number of benzene rings is 3. The van der Waals surface area contributed by atoms with E-state index in [1.807, 2.05) is 43.4 Å². The van der Waals surface area contributed by atoms with Crippen molar-refractivity contribution in [3.63, 3.8) is 0 Å². The molecule has 1 heterocycles. The first-order valence-electron chi connectivity index (χ1n) is 8.88. The zero-order valence-corrected chi connectivity index (χ0v) is 17.1. The Bertz CT molecular complexity index is 1170. The Morgan fingerprint density at radius 3 is 2.55 bits per heavy atom. The average molecular weight is 418 g/mol. The van der Waals surface area contributed by atoms with E-state index in [0.717, 1.165) is 21.8 Å². The number of fused-ring (bicyclic) bond motifs is 2. The van der Waals surface area contributed by atoms with Gasteiger partial charge in [0.2, 0.25) is 0 Å². The number of carbonyl (C=O) groups excluding carboxylic acids is 1. The van der Waals surface area contributed by atoms with Crippen molar-refractivity contribution < 1.29 is 4.79 Å². The molecule has 142 valence electrons. The van der Waals surface area contributed by atoms with E-state index in [9.17, 15) is 10.1 Å². The predicted molar refractivity (Wildman–Crippen MR) is 119 cm³/mol. The van der Waals surface area contributed by atoms with E-state index in [0.29, 0.717) is 10.7 Å². The van der Waals surface area contributed by atoms with Crippen LogP contribution in [0.1, 0.15) is 5.56 Å². The van der Waals surface area contributed by atoms with Crippen molar-refractivity contribution in [1.29, 1.82) is 5.26 Å². The minimum absolute atomic E-state index is 0.0365. The Morgan fingerprint density at radius 2 is 1.79 bits per heavy atom. The van der Waals surface area contributed by atoms with Crippen LogP contribution in [0.25, 0.3) is 6.08 Å². The molecule has 3 aromatic carbocycles. The summed E-state index contributed by atoms with van der Waals surface area (Å²) in [5, 5.41) is 12.8. The van der Waals surface area contributed by atoms with Crippen molar-refractivity contribution in [2.45, 2.75) is 9.79 Å². The highest BCUT2D eigenvalue weighted by Gasteiger charge is 2.20. The van der Waals surface area contributed by atoms with Gasteiger partial charge < -0.3 is 10.2 Å². The molecule has 29 heavy (non-hydrogen) atoms. The van der Waals surface area contributed by atoms with E-state index in [2.05, 4.69) is 22.3 Å². The SMILES string of the molecule is CN1c2ccccc2Sc2cc(/C=C(\C#N)C(=O)Nc3ccc(Cl)cc3)ccc21. The van der Waals surface area contributed by atoms with Crippen LogP contribution in [-0.4, -0.2) is 13.0 Å². The number of nitriles is 1. The molecule has 0 aromatic heterocycles. The van der Waals surface area contributed by atoms with Gasteiger partial charge in [-0.15, -0.1) is 0 Å². The molecule has 0 bridgehead atoms. The Kier molecular flexibility index (Phi) is 5.30. The third-order valence-corrected chi connectivity index (χ3v) is 5.93. The van der Waals surface area contributed by atoms with Crippen molar-refractivity contribution in [3.8, 4) is 6.07 Å². The summed E-state index contributed by atoms with van der Waals surface area (Å²) in [5.41, 5.74) is 3.67. The lowest BCUT2D eigenvalue weighted by Crippen LogP contribution is -2.14. The lowest BCUT2D eigenvalue weighted by Gasteiger charge is -2.29. The molecular weight excluding hydrogens is 402 g/mol. The topological polar surface area (TPSA) is 56.1 Å². The molecule has 1 aliphatic rings. The molecule has 1 amide bonds. The number of para-hydroxylation sites is 1. The third-order valence-electron chi connectivity index (χ3n) is 4.57. The molecule has 0 fully saturated rings. The number of halogens is 1. The minimum Gasteiger partial charge on any atom is -0.343 e. The highest BCUT2D eigenvalue weighted by Crippen LogP contribution is 2.47. The van der Waals surface area contributed by atoms with Gasteiger partial charge in [0.25, 0.3) is 5.91 Å². The number of nitrogens with one attached hydrogen (secondary N) is 1. The standard InChI is InChI=1S/C23H16ClN3OS/c1-27-19-4-2-3-5-21(19)29-22-13-15(6-11-20(22)27)12-16(14-25)23(28)26-18-9-7-17(24)8-10-18/h2-13H,1H3,(H,26,28)/b16-12+. The first-order valence-corrected chi connectivity index (χ1v) is 10.1. The first kappa shape index (κ1) is 19.1. The van der Waals surface area contributed by atoms with Gasteiger partial charge in [0.1, 0.15) is 11.6 Å². The molecule has 1 aliphatic heterocycles. The van der Waals surface area contributed by atoms with Gasteiger partial charge in [-0.3, -0.25) is 4.79 Å². The summed E-state index contributed by atoms with van der Waals surface area (Å²) in [6.45, 7) is 0. The number of nitrogens with zero attached hydrogens (tertiary/aromatic N) is 2. The second-order valence-corrected chi connectivity index (χ2v) is 8.01. The number of carbonyl (C=O) groups is 1. The van der Waals surface area contributed by atoms with Crippen molar-refractivity contribution in [2.75, 3.05) is 17.3 Å². The molecule has 3 aromatic rings. The lowest BCUT2D eigenvalue weighted by molar-refractivity contribution is -0.112. The molecule has 6 heteroatoms. The van der Waals surface area contributed by atoms with Gasteiger partial charge in [-0.1, -0.05) is 41.6 Å². The van der Waals surface area contributed by atoms with Gasteiger partial charge in [0.05, 0.1) is 11.4 Å². The van der Waals surface area contributed by atoms with Gasteiger partial charge in [-0.2, -0.15) is 5.26 Å². The predicted octanol–water partition coefficient (Wildman–Crippen LogP) is 6.12. The van der Waals surface area contributed by atoms with Gasteiger partial charge in [-0.05, 0) is 60.2 Å². The monoisotopic (exact) mass is 417 g/mol. The van der Waals surface area contributed by atoms with Crippen LogP contribution >= 0.6 is 23.4 Å². The van der Waals surface area contributed by atoms with E-state index in [4.69, 9.17) is 11.6 Å². The Morgan fingerprint density at radius 1 is 1.07 bits per heavy atom. The molecule has 4 rings (SSSR count). The van der Waals surface area contributed by atoms with Crippen LogP contribution in [0.3, 0.4) is 0 Å². The maximum Gasteiger partial charge on any atom is 0.266 e. The number of hydrogen-bond acceptors (Lipinski definition) is 4. The molecule has 1 N–H and O–H groups in total. The highest BCUT2D eigenvalue weighted by molar-refractivity contribution is 7.99. The average Bonchev–Trinajstić information content (AvgIpc) is 2.73. The zero-order valence-electron chi connectivity index (χ0n) is 15.5. The summed E-state index contributed by atoms with van der Waals surface area (Å²) < 4.78 is 0. The summed E-state index contributed by atoms with van der Waals surface area (Å²) in [6, 6.07) is 22.9. The Labute approximate surface area is 178 Å². The summed E-state index contributed by atoms with van der Waals surface area (Å²) >= 11 is 7.54. The maximum absolute atomic E-state index is 12.5. The second kappa shape index (κ2) is 8.04. The third kappa shape index (κ3) is 4.00. The van der Waals surface area contributed by atoms with E-state index in [-0.39, 0.29) is 5.57 Å². The minimum atomic E-state index is -0.456. The van der Waals surface area contributed by atoms with E-state index in [1.165, 1.54) is 4.90 Å².